The van der Waals surface area contributed by atoms with Gasteiger partial charge >= 0.3 is 0 Å². The van der Waals surface area contributed by atoms with Gasteiger partial charge in [0, 0.05) is 6.42 Å². The molecule has 3 fully saturated rings. The van der Waals surface area contributed by atoms with E-state index in [1.54, 1.807) is 6.08 Å². The summed E-state index contributed by atoms with van der Waals surface area (Å²) in [6, 6.07) is -1.02. The highest BCUT2D eigenvalue weighted by atomic mass is 16.8. The fraction of sp³-hybridized carbons (Fsp3) is 0.645. The molecular formula is C76H121NO18. The van der Waals surface area contributed by atoms with Gasteiger partial charge in [0.2, 0.25) is 5.91 Å². The van der Waals surface area contributed by atoms with Gasteiger partial charge in [0.05, 0.1) is 38.6 Å². The van der Waals surface area contributed by atoms with E-state index in [1.165, 1.54) is 32.1 Å². The highest BCUT2D eigenvalue weighted by Crippen LogP contribution is 2.33. The highest BCUT2D eigenvalue weighted by Gasteiger charge is 2.53. The Balaban J connectivity index is 1.41. The summed E-state index contributed by atoms with van der Waals surface area (Å²) in [5, 5.41) is 120. The number of ether oxygens (including phenoxy) is 6. The smallest absolute Gasteiger partial charge is 0.220 e. The van der Waals surface area contributed by atoms with Gasteiger partial charge < -0.3 is 89.9 Å². The van der Waals surface area contributed by atoms with E-state index in [2.05, 4.69) is 165 Å². The Kier molecular flexibility index (Phi) is 49.3. The lowest BCUT2D eigenvalue weighted by molar-refractivity contribution is -0.379. The molecule has 1 amide bonds. The fourth-order valence-electron chi connectivity index (χ4n) is 10.6. The maximum atomic E-state index is 13.4. The monoisotopic (exact) mass is 1340 g/mol. The molecule has 17 unspecified atom stereocenters. The lowest BCUT2D eigenvalue weighted by Crippen LogP contribution is -2.66. The molecule has 3 aliphatic heterocycles. The Morgan fingerprint density at radius 2 is 0.737 bits per heavy atom. The Morgan fingerprint density at radius 1 is 0.389 bits per heavy atom. The van der Waals surface area contributed by atoms with Crippen molar-refractivity contribution in [3.8, 4) is 0 Å². The van der Waals surface area contributed by atoms with Gasteiger partial charge in [0.15, 0.2) is 18.9 Å². The quantitative estimate of drug-likeness (QED) is 0.0199. The molecule has 3 rings (SSSR count). The molecule has 3 saturated heterocycles. The van der Waals surface area contributed by atoms with Crippen LogP contribution in [0.4, 0.5) is 0 Å². The van der Waals surface area contributed by atoms with Crippen LogP contribution in [0.2, 0.25) is 0 Å². The van der Waals surface area contributed by atoms with Crippen LogP contribution < -0.4 is 5.32 Å². The van der Waals surface area contributed by atoms with Gasteiger partial charge in [-0.1, -0.05) is 210 Å². The molecule has 0 saturated carbocycles. The van der Waals surface area contributed by atoms with Crippen LogP contribution in [0, 0.1) is 0 Å². The summed E-state index contributed by atoms with van der Waals surface area (Å²) < 4.78 is 34.3. The van der Waals surface area contributed by atoms with E-state index in [0.717, 1.165) is 116 Å². The van der Waals surface area contributed by atoms with Gasteiger partial charge in [-0.25, -0.2) is 0 Å². The van der Waals surface area contributed by atoms with E-state index in [9.17, 15) is 61.0 Å². The molecular weight excluding hydrogens is 1210 g/mol. The van der Waals surface area contributed by atoms with Crippen molar-refractivity contribution in [3.63, 3.8) is 0 Å². The Hall–Kier alpha value is -4.59. The summed E-state index contributed by atoms with van der Waals surface area (Å²) in [6.07, 6.45) is 53.6. The van der Waals surface area contributed by atoms with Crippen LogP contribution in [-0.4, -0.2) is 193 Å². The zero-order chi connectivity index (χ0) is 68.9. The number of unbranched alkanes of at least 4 members (excludes halogenated alkanes) is 11. The van der Waals surface area contributed by atoms with Crippen LogP contribution in [0.1, 0.15) is 181 Å². The molecule has 3 aliphatic rings. The summed E-state index contributed by atoms with van der Waals surface area (Å²) in [5.41, 5.74) is 0. The predicted octanol–water partition coefficient (Wildman–Crippen LogP) is 9.71. The molecule has 17 atom stereocenters. The second-order valence-corrected chi connectivity index (χ2v) is 24.2. The predicted molar refractivity (Wildman–Crippen MR) is 373 cm³/mol. The fourth-order valence-corrected chi connectivity index (χ4v) is 10.6. The van der Waals surface area contributed by atoms with Crippen LogP contribution in [0.3, 0.4) is 0 Å². The van der Waals surface area contributed by atoms with E-state index in [1.807, 2.05) is 6.08 Å². The van der Waals surface area contributed by atoms with Gasteiger partial charge in [0.25, 0.3) is 0 Å². The summed E-state index contributed by atoms with van der Waals surface area (Å²) in [7, 11) is 0. The van der Waals surface area contributed by atoms with Gasteiger partial charge in [-0.2, -0.15) is 0 Å². The molecule has 0 radical (unpaired) electrons. The van der Waals surface area contributed by atoms with Crippen molar-refractivity contribution in [2.75, 3.05) is 26.4 Å². The van der Waals surface area contributed by atoms with E-state index >= 15 is 0 Å². The minimum Gasteiger partial charge on any atom is -0.394 e. The lowest BCUT2D eigenvalue weighted by Gasteiger charge is -2.48. The SMILES string of the molecule is CC/C=C\C/C=C\C/C=C\C/C=C\C/C=C\C/C=C\C/C=C\C/C=C\C/C=C\C/C=C\CCCCCCC(=O)NC(COC1OC(CO)C(OC2OC(CO)C(OC3OC(CO)C(O)C(O)C3O)C(O)C2O)C(O)C1O)C(O)/C=C/CC/C=C/CC/C=C/CCCCCCC. The molecule has 12 N–H and O–H groups in total. The first kappa shape index (κ1) is 84.6. The average molecular weight is 1340 g/mol. The first-order valence-corrected chi connectivity index (χ1v) is 35.2. The number of carbonyl (C=O) groups excluding carboxylic acids is 1. The molecule has 538 valence electrons. The van der Waals surface area contributed by atoms with Crippen molar-refractivity contribution >= 4 is 5.91 Å². The van der Waals surface area contributed by atoms with E-state index in [-0.39, 0.29) is 12.3 Å². The van der Waals surface area contributed by atoms with Crippen molar-refractivity contribution in [3.05, 3.63) is 158 Å². The first-order valence-electron chi connectivity index (χ1n) is 35.2. The van der Waals surface area contributed by atoms with Crippen molar-refractivity contribution < 1.29 is 89.4 Å². The summed E-state index contributed by atoms with van der Waals surface area (Å²) in [5.74, 6) is -0.323. The van der Waals surface area contributed by atoms with Crippen LogP contribution in [0.25, 0.3) is 0 Å². The standard InChI is InChI=1S/C76H121NO18/c1-3-5-7-9-11-13-15-17-19-20-21-22-23-24-25-26-27-28-29-30-31-32-33-34-35-36-37-38-40-42-44-46-48-50-52-54-64(82)77-59(60(81)53-51-49-47-45-43-41-39-18-16-14-12-10-8-6-4-2)58-90-74-70(88)67(85)72(62(56-79)92-74)95-76-71(89)68(86)73(63(57-80)93-76)94-75-69(87)66(84)65(83)61(55-78)91-75/h5,7,11,13,16-19,21-22,24-25,27-28,30-31,33-34,36-37,40,42-43,45,51,53,59-63,65-76,78-81,83-89H,3-4,6,8-10,12,14-15,20,23,26,29,32,35,38-39,41,44,46-50,52,54-58H2,1-2H3,(H,77,82)/b7-5-,13-11-,18-16+,19-17-,22-21-,25-24-,28-27-,31-30-,34-33-,37-36-,42-40-,45-43+,53-51+. The third kappa shape index (κ3) is 36.7. The van der Waals surface area contributed by atoms with Crippen molar-refractivity contribution in [1.82, 2.24) is 5.32 Å². The topological polar surface area (TPSA) is 307 Å². The van der Waals surface area contributed by atoms with Crippen molar-refractivity contribution in [2.24, 2.45) is 0 Å². The molecule has 0 spiro atoms. The Morgan fingerprint density at radius 3 is 1.17 bits per heavy atom. The minimum absolute atomic E-state index is 0.190. The molecule has 95 heavy (non-hydrogen) atoms. The minimum atomic E-state index is -1.99. The maximum Gasteiger partial charge on any atom is 0.220 e. The molecule has 0 aliphatic carbocycles. The second-order valence-electron chi connectivity index (χ2n) is 24.2. The van der Waals surface area contributed by atoms with Crippen LogP contribution in [0.15, 0.2) is 158 Å². The third-order valence-electron chi connectivity index (χ3n) is 16.3. The summed E-state index contributed by atoms with van der Waals surface area (Å²) in [6.45, 7) is 1.52. The second kappa shape index (κ2) is 55.3. The highest BCUT2D eigenvalue weighted by molar-refractivity contribution is 5.76. The van der Waals surface area contributed by atoms with Gasteiger partial charge in [-0.3, -0.25) is 4.79 Å². The summed E-state index contributed by atoms with van der Waals surface area (Å²) in [4.78, 5) is 13.4. The molecule has 0 bridgehead atoms. The first-order chi connectivity index (χ1) is 46.3. The number of rotatable bonds is 51. The zero-order valence-electron chi connectivity index (χ0n) is 56.8. The van der Waals surface area contributed by atoms with Gasteiger partial charge in [-0.15, -0.1) is 0 Å². The number of aliphatic hydroxyl groups excluding tert-OH is 11. The van der Waals surface area contributed by atoms with Gasteiger partial charge in [0.1, 0.15) is 73.2 Å². The number of amides is 1. The Labute approximate surface area is 567 Å². The van der Waals surface area contributed by atoms with E-state index in [4.69, 9.17) is 28.4 Å². The van der Waals surface area contributed by atoms with Crippen LogP contribution in [-0.2, 0) is 33.2 Å². The van der Waals surface area contributed by atoms with E-state index in [0.29, 0.717) is 12.8 Å². The normalized spacial score (nSPS) is 28.2. The molecule has 0 aromatic rings. The third-order valence-corrected chi connectivity index (χ3v) is 16.3. The average Bonchev–Trinajstić information content (AvgIpc) is 0.799. The Bertz CT molecular complexity index is 2340. The maximum absolute atomic E-state index is 13.4. The van der Waals surface area contributed by atoms with Crippen LogP contribution in [0.5, 0.6) is 0 Å². The lowest BCUT2D eigenvalue weighted by atomic mass is 9.96. The molecule has 19 heteroatoms. The largest absolute Gasteiger partial charge is 0.394 e. The van der Waals surface area contributed by atoms with Crippen molar-refractivity contribution in [1.29, 1.82) is 0 Å². The molecule has 0 aromatic carbocycles. The van der Waals surface area contributed by atoms with Crippen molar-refractivity contribution in [2.45, 2.75) is 285 Å². The molecule has 0 aromatic heterocycles. The zero-order valence-corrected chi connectivity index (χ0v) is 56.8. The van der Waals surface area contributed by atoms with Crippen LogP contribution >= 0.6 is 0 Å². The number of carbonyl (C=O) groups is 1. The molecule has 19 nitrogen and oxygen atoms in total. The van der Waals surface area contributed by atoms with E-state index < -0.39 is 131 Å². The number of allylic oxidation sites excluding steroid dienone is 25. The number of hydrogen-bond donors (Lipinski definition) is 12. The number of hydrogen-bond acceptors (Lipinski definition) is 18. The van der Waals surface area contributed by atoms with Gasteiger partial charge in [-0.05, 0) is 122 Å². The number of nitrogens with one attached hydrogen (secondary N) is 1. The molecule has 3 heterocycles. The number of aliphatic hydroxyl groups is 11. The summed E-state index contributed by atoms with van der Waals surface area (Å²) >= 11 is 0.